The van der Waals surface area contributed by atoms with Crippen molar-refractivity contribution in [2.24, 2.45) is 0 Å². The standard InChI is InChI=1S/C17H21N3O/c1-12(2)19-10-14-4-6-16(7-5-14)20-17(21)15-8-13(3)9-18-11-15/h4-9,11-12,19H,10H2,1-3H3,(H,20,21). The zero-order chi connectivity index (χ0) is 15.2. The van der Waals surface area contributed by atoms with Gasteiger partial charge in [0.2, 0.25) is 0 Å². The number of anilines is 1. The molecule has 2 N–H and O–H groups in total. The monoisotopic (exact) mass is 283 g/mol. The van der Waals surface area contributed by atoms with Gasteiger partial charge in [0.05, 0.1) is 5.56 Å². The van der Waals surface area contributed by atoms with E-state index in [1.54, 1.807) is 12.4 Å². The van der Waals surface area contributed by atoms with Crippen molar-refractivity contribution in [2.75, 3.05) is 5.32 Å². The minimum absolute atomic E-state index is 0.140. The summed E-state index contributed by atoms with van der Waals surface area (Å²) in [5, 5.41) is 6.24. The molecule has 2 rings (SSSR count). The first-order chi connectivity index (χ1) is 10.0. The first-order valence-corrected chi connectivity index (χ1v) is 7.10. The van der Waals surface area contributed by atoms with E-state index in [1.807, 2.05) is 37.3 Å². The van der Waals surface area contributed by atoms with E-state index in [1.165, 1.54) is 5.56 Å². The molecular weight excluding hydrogens is 262 g/mol. The molecule has 0 radical (unpaired) electrons. The second-order valence-corrected chi connectivity index (χ2v) is 5.44. The number of hydrogen-bond donors (Lipinski definition) is 2. The number of carbonyl (C=O) groups excluding carboxylic acids is 1. The molecule has 0 bridgehead atoms. The molecule has 0 saturated heterocycles. The molecule has 0 unspecified atom stereocenters. The highest BCUT2D eigenvalue weighted by molar-refractivity contribution is 6.04. The molecule has 1 aromatic carbocycles. The number of amides is 1. The van der Waals surface area contributed by atoms with Gasteiger partial charge in [-0.2, -0.15) is 0 Å². The lowest BCUT2D eigenvalue weighted by Crippen LogP contribution is -2.21. The third-order valence-electron chi connectivity index (χ3n) is 3.06. The molecule has 1 aromatic heterocycles. The number of rotatable bonds is 5. The van der Waals surface area contributed by atoms with E-state index in [-0.39, 0.29) is 5.91 Å². The molecule has 110 valence electrons. The summed E-state index contributed by atoms with van der Waals surface area (Å²) in [6.07, 6.45) is 3.30. The van der Waals surface area contributed by atoms with Crippen LogP contribution >= 0.6 is 0 Å². The Morgan fingerprint density at radius 3 is 2.52 bits per heavy atom. The fourth-order valence-electron chi connectivity index (χ4n) is 1.91. The number of benzene rings is 1. The summed E-state index contributed by atoms with van der Waals surface area (Å²) in [5.74, 6) is -0.140. The number of carbonyl (C=O) groups is 1. The third kappa shape index (κ3) is 4.68. The lowest BCUT2D eigenvalue weighted by molar-refractivity contribution is 0.102. The fourth-order valence-corrected chi connectivity index (χ4v) is 1.91. The average molecular weight is 283 g/mol. The van der Waals surface area contributed by atoms with Crippen LogP contribution in [0.25, 0.3) is 0 Å². The second kappa shape index (κ2) is 6.99. The number of nitrogens with one attached hydrogen (secondary N) is 2. The Balaban J connectivity index is 1.98. The molecule has 1 heterocycles. The van der Waals surface area contributed by atoms with Crippen molar-refractivity contribution in [1.29, 1.82) is 0 Å². The van der Waals surface area contributed by atoms with Gasteiger partial charge in [0.1, 0.15) is 0 Å². The van der Waals surface area contributed by atoms with Gasteiger partial charge in [0.25, 0.3) is 5.91 Å². The van der Waals surface area contributed by atoms with Crippen molar-refractivity contribution < 1.29 is 4.79 Å². The zero-order valence-electron chi connectivity index (χ0n) is 12.7. The van der Waals surface area contributed by atoms with Gasteiger partial charge in [-0.15, -0.1) is 0 Å². The number of aromatic nitrogens is 1. The number of aryl methyl sites for hydroxylation is 1. The largest absolute Gasteiger partial charge is 0.322 e. The SMILES string of the molecule is Cc1cncc(C(=O)Nc2ccc(CNC(C)C)cc2)c1. The van der Waals surface area contributed by atoms with Crippen molar-refractivity contribution in [3.05, 3.63) is 59.4 Å². The number of nitrogens with zero attached hydrogens (tertiary/aromatic N) is 1. The fraction of sp³-hybridized carbons (Fsp3) is 0.294. The summed E-state index contributed by atoms with van der Waals surface area (Å²) in [5.41, 5.74) is 3.52. The van der Waals surface area contributed by atoms with Crippen LogP contribution in [0.15, 0.2) is 42.7 Å². The van der Waals surface area contributed by atoms with E-state index in [2.05, 4.69) is 29.5 Å². The Hall–Kier alpha value is -2.20. The molecule has 0 spiro atoms. The predicted molar refractivity (Wildman–Crippen MR) is 85.3 cm³/mol. The van der Waals surface area contributed by atoms with Crippen LogP contribution in [0.3, 0.4) is 0 Å². The quantitative estimate of drug-likeness (QED) is 0.886. The summed E-state index contributed by atoms with van der Waals surface area (Å²) in [4.78, 5) is 16.1. The summed E-state index contributed by atoms with van der Waals surface area (Å²) < 4.78 is 0. The maximum Gasteiger partial charge on any atom is 0.257 e. The van der Waals surface area contributed by atoms with Gasteiger partial charge in [0.15, 0.2) is 0 Å². The molecule has 4 heteroatoms. The Morgan fingerprint density at radius 1 is 1.19 bits per heavy atom. The molecular formula is C17H21N3O. The van der Waals surface area contributed by atoms with Crippen LogP contribution in [-0.2, 0) is 6.54 Å². The molecule has 1 amide bonds. The van der Waals surface area contributed by atoms with Crippen LogP contribution in [0, 0.1) is 6.92 Å². The van der Waals surface area contributed by atoms with E-state index >= 15 is 0 Å². The van der Waals surface area contributed by atoms with Gasteiger partial charge in [-0.25, -0.2) is 0 Å². The van der Waals surface area contributed by atoms with E-state index in [9.17, 15) is 4.79 Å². The molecule has 0 saturated carbocycles. The summed E-state index contributed by atoms with van der Waals surface area (Å²) >= 11 is 0. The maximum atomic E-state index is 12.1. The first kappa shape index (κ1) is 15.2. The van der Waals surface area contributed by atoms with Gasteiger partial charge in [-0.05, 0) is 36.2 Å². The minimum atomic E-state index is -0.140. The molecule has 21 heavy (non-hydrogen) atoms. The normalized spacial score (nSPS) is 10.7. The van der Waals surface area contributed by atoms with Gasteiger partial charge in [-0.1, -0.05) is 26.0 Å². The molecule has 2 aromatic rings. The third-order valence-corrected chi connectivity index (χ3v) is 3.06. The second-order valence-electron chi connectivity index (χ2n) is 5.44. The van der Waals surface area contributed by atoms with Crippen molar-refractivity contribution in [3.8, 4) is 0 Å². The molecule has 0 aliphatic carbocycles. The van der Waals surface area contributed by atoms with Crippen molar-refractivity contribution in [3.63, 3.8) is 0 Å². The predicted octanol–water partition coefficient (Wildman–Crippen LogP) is 3.14. The number of hydrogen-bond acceptors (Lipinski definition) is 3. The summed E-state index contributed by atoms with van der Waals surface area (Å²) in [7, 11) is 0. The average Bonchev–Trinajstić information content (AvgIpc) is 2.46. The highest BCUT2D eigenvalue weighted by Gasteiger charge is 2.06. The molecule has 0 aliphatic rings. The minimum Gasteiger partial charge on any atom is -0.322 e. The summed E-state index contributed by atoms with van der Waals surface area (Å²) in [6.45, 7) is 6.98. The van der Waals surface area contributed by atoms with Crippen LogP contribution in [0.2, 0.25) is 0 Å². The highest BCUT2D eigenvalue weighted by Crippen LogP contribution is 2.12. The van der Waals surface area contributed by atoms with E-state index in [0.29, 0.717) is 11.6 Å². The van der Waals surface area contributed by atoms with Gasteiger partial charge < -0.3 is 10.6 Å². The Morgan fingerprint density at radius 2 is 1.90 bits per heavy atom. The Bertz CT molecular complexity index is 606. The van der Waals surface area contributed by atoms with Gasteiger partial charge >= 0.3 is 0 Å². The summed E-state index contributed by atoms with van der Waals surface area (Å²) in [6, 6.07) is 10.1. The molecule has 0 aliphatic heterocycles. The van der Waals surface area contributed by atoms with Crippen LogP contribution < -0.4 is 10.6 Å². The maximum absolute atomic E-state index is 12.1. The van der Waals surface area contributed by atoms with Gasteiger partial charge in [-0.3, -0.25) is 9.78 Å². The van der Waals surface area contributed by atoms with Crippen LogP contribution in [0.4, 0.5) is 5.69 Å². The zero-order valence-corrected chi connectivity index (χ0v) is 12.7. The lowest BCUT2D eigenvalue weighted by atomic mass is 10.1. The smallest absolute Gasteiger partial charge is 0.257 e. The van der Waals surface area contributed by atoms with Crippen molar-refractivity contribution in [1.82, 2.24) is 10.3 Å². The van der Waals surface area contributed by atoms with Crippen molar-refractivity contribution in [2.45, 2.75) is 33.4 Å². The van der Waals surface area contributed by atoms with E-state index in [0.717, 1.165) is 17.8 Å². The Labute approximate surface area is 125 Å². The molecule has 4 nitrogen and oxygen atoms in total. The lowest BCUT2D eigenvalue weighted by Gasteiger charge is -2.09. The van der Waals surface area contributed by atoms with Crippen LogP contribution in [0.5, 0.6) is 0 Å². The molecule has 0 fully saturated rings. The Kier molecular flexibility index (Phi) is 5.06. The number of pyridine rings is 1. The van der Waals surface area contributed by atoms with E-state index < -0.39 is 0 Å². The van der Waals surface area contributed by atoms with Gasteiger partial charge in [0, 0.05) is 30.7 Å². The highest BCUT2D eigenvalue weighted by atomic mass is 16.1. The van der Waals surface area contributed by atoms with Crippen LogP contribution in [-0.4, -0.2) is 16.9 Å². The van der Waals surface area contributed by atoms with E-state index in [4.69, 9.17) is 0 Å². The van der Waals surface area contributed by atoms with Crippen LogP contribution in [0.1, 0.15) is 35.3 Å². The van der Waals surface area contributed by atoms with Crippen molar-refractivity contribution >= 4 is 11.6 Å². The first-order valence-electron chi connectivity index (χ1n) is 7.10. The topological polar surface area (TPSA) is 54.0 Å². The molecule has 0 atom stereocenters.